The predicted octanol–water partition coefficient (Wildman–Crippen LogP) is 4.66. The minimum absolute atomic E-state index is 0.0182. The first-order chi connectivity index (χ1) is 19.9. The Morgan fingerprint density at radius 3 is 2.07 bits per heavy atom. The Labute approximate surface area is 249 Å². The van der Waals surface area contributed by atoms with Crippen LogP contribution >= 0.6 is 0 Å². The van der Waals surface area contributed by atoms with Crippen molar-refractivity contribution in [3.05, 3.63) is 84.4 Å². The van der Waals surface area contributed by atoms with E-state index in [-0.39, 0.29) is 28.8 Å². The SMILES string of the molecule is CC[C@@H](C(=O)NC(C)(C)C)N(CCc1ccccc1)C(=O)CN(c1ccccc1OC)S(=O)(=O)c1ccc(OC)cc1. The van der Waals surface area contributed by atoms with Gasteiger partial charge in [0, 0.05) is 12.1 Å². The van der Waals surface area contributed by atoms with Crippen molar-refractivity contribution >= 4 is 27.5 Å². The summed E-state index contributed by atoms with van der Waals surface area (Å²) in [7, 11) is -1.31. The lowest BCUT2D eigenvalue weighted by molar-refractivity contribution is -0.140. The van der Waals surface area contributed by atoms with E-state index in [0.29, 0.717) is 18.6 Å². The lowest BCUT2D eigenvalue weighted by Gasteiger charge is -2.35. The summed E-state index contributed by atoms with van der Waals surface area (Å²) in [5.41, 5.74) is 0.688. The third-order valence-electron chi connectivity index (χ3n) is 6.65. The number of anilines is 1. The van der Waals surface area contributed by atoms with Crippen LogP contribution in [0.2, 0.25) is 0 Å². The van der Waals surface area contributed by atoms with Crippen LogP contribution in [0.4, 0.5) is 5.69 Å². The third kappa shape index (κ3) is 8.25. The third-order valence-corrected chi connectivity index (χ3v) is 8.42. The summed E-state index contributed by atoms with van der Waals surface area (Å²) in [6.07, 6.45) is 0.841. The standard InChI is InChI=1S/C32H41N3O6S/c1-7-27(31(37)33-32(2,3)4)34(22-21-24-13-9-8-10-14-24)30(36)23-35(28-15-11-12-16-29(28)41-6)42(38,39)26-19-17-25(40-5)18-20-26/h8-20,27H,7,21-23H2,1-6H3,(H,33,37)/t27-/m0/s1. The average Bonchev–Trinajstić information content (AvgIpc) is 2.97. The maximum absolute atomic E-state index is 14.2. The fourth-order valence-corrected chi connectivity index (χ4v) is 6.00. The normalized spacial score (nSPS) is 12.2. The molecule has 2 amide bonds. The highest BCUT2D eigenvalue weighted by Gasteiger charge is 2.35. The van der Waals surface area contributed by atoms with Gasteiger partial charge in [0.1, 0.15) is 24.1 Å². The topological polar surface area (TPSA) is 105 Å². The van der Waals surface area contributed by atoms with Gasteiger partial charge in [0.15, 0.2) is 0 Å². The molecule has 0 radical (unpaired) electrons. The van der Waals surface area contributed by atoms with Crippen LogP contribution in [-0.2, 0) is 26.0 Å². The van der Waals surface area contributed by atoms with E-state index in [2.05, 4.69) is 5.32 Å². The number of amides is 2. The first-order valence-electron chi connectivity index (χ1n) is 13.9. The van der Waals surface area contributed by atoms with Crippen LogP contribution in [0.15, 0.2) is 83.8 Å². The van der Waals surface area contributed by atoms with Crippen molar-refractivity contribution in [2.45, 2.75) is 57.0 Å². The van der Waals surface area contributed by atoms with Gasteiger partial charge in [0.25, 0.3) is 10.0 Å². The lowest BCUT2D eigenvalue weighted by Crippen LogP contribution is -2.56. The van der Waals surface area contributed by atoms with Gasteiger partial charge in [0.2, 0.25) is 11.8 Å². The zero-order chi connectivity index (χ0) is 30.9. The zero-order valence-electron chi connectivity index (χ0n) is 25.2. The van der Waals surface area contributed by atoms with Crippen molar-refractivity contribution in [3.63, 3.8) is 0 Å². The number of methoxy groups -OCH3 is 2. The molecule has 3 rings (SSSR count). The van der Waals surface area contributed by atoms with E-state index in [1.165, 1.54) is 31.3 Å². The zero-order valence-corrected chi connectivity index (χ0v) is 26.0. The van der Waals surface area contributed by atoms with Crippen LogP contribution in [-0.4, -0.2) is 64.0 Å². The summed E-state index contributed by atoms with van der Waals surface area (Å²) in [5.74, 6) is -0.0227. The number of para-hydroxylation sites is 2. The second-order valence-corrected chi connectivity index (χ2v) is 12.7. The molecule has 3 aromatic carbocycles. The van der Waals surface area contributed by atoms with Gasteiger partial charge in [-0.25, -0.2) is 8.42 Å². The van der Waals surface area contributed by atoms with Crippen LogP contribution in [0.25, 0.3) is 0 Å². The highest BCUT2D eigenvalue weighted by molar-refractivity contribution is 7.92. The van der Waals surface area contributed by atoms with Crippen LogP contribution in [0, 0.1) is 0 Å². The first-order valence-corrected chi connectivity index (χ1v) is 15.3. The molecule has 0 bridgehead atoms. The number of sulfonamides is 1. The van der Waals surface area contributed by atoms with Crippen LogP contribution in [0.1, 0.15) is 39.7 Å². The Bertz CT molecular complexity index is 1440. The molecular formula is C32H41N3O6S. The highest BCUT2D eigenvalue weighted by atomic mass is 32.2. The van der Waals surface area contributed by atoms with Crippen molar-refractivity contribution in [2.24, 2.45) is 0 Å². The molecular weight excluding hydrogens is 554 g/mol. The fourth-order valence-electron chi connectivity index (χ4n) is 4.57. The number of rotatable bonds is 13. The van der Waals surface area contributed by atoms with Crippen molar-refractivity contribution in [1.82, 2.24) is 10.2 Å². The number of nitrogens with zero attached hydrogens (tertiary/aromatic N) is 2. The molecule has 9 nitrogen and oxygen atoms in total. The summed E-state index contributed by atoms with van der Waals surface area (Å²) < 4.78 is 39.9. The number of carbonyl (C=O) groups excluding carboxylic acids is 2. The number of carbonyl (C=O) groups is 2. The second-order valence-electron chi connectivity index (χ2n) is 10.8. The molecule has 0 fully saturated rings. The van der Waals surface area contributed by atoms with Gasteiger partial charge in [-0.2, -0.15) is 0 Å². The van der Waals surface area contributed by atoms with Crippen molar-refractivity contribution in [2.75, 3.05) is 31.6 Å². The fraction of sp³-hybridized carbons (Fsp3) is 0.375. The summed E-state index contributed by atoms with van der Waals surface area (Å²) in [6.45, 7) is 7.14. The minimum atomic E-state index is -4.24. The first kappa shape index (κ1) is 32.5. The van der Waals surface area contributed by atoms with Gasteiger partial charge in [0.05, 0.1) is 24.8 Å². The Hall–Kier alpha value is -4.05. The molecule has 0 saturated carbocycles. The monoisotopic (exact) mass is 595 g/mol. The van der Waals surface area contributed by atoms with Gasteiger partial charge >= 0.3 is 0 Å². The average molecular weight is 596 g/mol. The van der Waals surface area contributed by atoms with Crippen LogP contribution in [0.3, 0.4) is 0 Å². The molecule has 3 aromatic rings. The molecule has 0 aliphatic rings. The van der Waals surface area contributed by atoms with E-state index in [4.69, 9.17) is 9.47 Å². The molecule has 42 heavy (non-hydrogen) atoms. The number of hydrogen-bond donors (Lipinski definition) is 1. The molecule has 0 aliphatic carbocycles. The lowest BCUT2D eigenvalue weighted by atomic mass is 10.1. The van der Waals surface area contributed by atoms with Crippen LogP contribution in [0.5, 0.6) is 11.5 Å². The number of hydrogen-bond acceptors (Lipinski definition) is 6. The summed E-state index contributed by atoms with van der Waals surface area (Å²) in [6, 6.07) is 21.4. The molecule has 0 unspecified atom stereocenters. The molecule has 0 heterocycles. The highest BCUT2D eigenvalue weighted by Crippen LogP contribution is 2.33. The van der Waals surface area contributed by atoms with Gasteiger partial charge in [-0.3, -0.25) is 13.9 Å². The number of ether oxygens (including phenoxy) is 2. The Morgan fingerprint density at radius 1 is 0.881 bits per heavy atom. The molecule has 0 spiro atoms. The summed E-state index contributed by atoms with van der Waals surface area (Å²) in [4.78, 5) is 29.1. The molecule has 1 atom stereocenters. The number of benzene rings is 3. The van der Waals surface area contributed by atoms with E-state index in [9.17, 15) is 18.0 Å². The van der Waals surface area contributed by atoms with E-state index < -0.39 is 34.1 Å². The molecule has 0 saturated heterocycles. The molecule has 0 aromatic heterocycles. The smallest absolute Gasteiger partial charge is 0.264 e. The summed E-state index contributed by atoms with van der Waals surface area (Å²) in [5, 5.41) is 2.98. The van der Waals surface area contributed by atoms with Crippen molar-refractivity contribution in [1.29, 1.82) is 0 Å². The van der Waals surface area contributed by atoms with Gasteiger partial charge < -0.3 is 19.7 Å². The molecule has 0 aliphatic heterocycles. The van der Waals surface area contributed by atoms with Crippen molar-refractivity contribution < 1.29 is 27.5 Å². The van der Waals surface area contributed by atoms with Crippen LogP contribution < -0.4 is 19.1 Å². The molecule has 226 valence electrons. The predicted molar refractivity (Wildman–Crippen MR) is 164 cm³/mol. The van der Waals surface area contributed by atoms with E-state index in [1.807, 2.05) is 58.0 Å². The Morgan fingerprint density at radius 2 is 1.50 bits per heavy atom. The maximum Gasteiger partial charge on any atom is 0.264 e. The maximum atomic E-state index is 14.2. The van der Waals surface area contributed by atoms with E-state index in [0.717, 1.165) is 9.87 Å². The largest absolute Gasteiger partial charge is 0.497 e. The number of nitrogens with one attached hydrogen (secondary N) is 1. The second kappa shape index (κ2) is 14.2. The molecule has 1 N–H and O–H groups in total. The van der Waals surface area contributed by atoms with Crippen molar-refractivity contribution in [3.8, 4) is 11.5 Å². The van der Waals surface area contributed by atoms with E-state index >= 15 is 0 Å². The Kier molecular flexibility index (Phi) is 11.0. The Balaban J connectivity index is 2.06. The quantitative estimate of drug-likeness (QED) is 0.308. The van der Waals surface area contributed by atoms with E-state index in [1.54, 1.807) is 36.4 Å². The summed E-state index contributed by atoms with van der Waals surface area (Å²) >= 11 is 0. The molecule has 10 heteroatoms. The van der Waals surface area contributed by atoms with Gasteiger partial charge in [-0.1, -0.05) is 49.4 Å². The van der Waals surface area contributed by atoms with Gasteiger partial charge in [-0.15, -0.1) is 0 Å². The minimum Gasteiger partial charge on any atom is -0.497 e. The van der Waals surface area contributed by atoms with Gasteiger partial charge in [-0.05, 0) is 75.6 Å².